The maximum atomic E-state index is 5.18. The number of nitrogens with one attached hydrogen (secondary N) is 1. The molecule has 0 atom stereocenters. The van der Waals surface area contributed by atoms with Gasteiger partial charge in [0.1, 0.15) is 5.82 Å². The van der Waals surface area contributed by atoms with Gasteiger partial charge < -0.3 is 10.1 Å². The first-order valence-electron chi connectivity index (χ1n) is 5.86. The minimum Gasteiger partial charge on any atom is -0.481 e. The first-order chi connectivity index (χ1) is 9.26. The zero-order valence-electron chi connectivity index (χ0n) is 10.7. The molecule has 19 heavy (non-hydrogen) atoms. The minimum atomic E-state index is 0.557. The molecule has 0 unspecified atom stereocenters. The predicted octanol–water partition coefficient (Wildman–Crippen LogP) is 1.08. The van der Waals surface area contributed by atoms with E-state index >= 15 is 0 Å². The molecule has 0 spiro atoms. The monoisotopic (exact) mass is 258 g/mol. The molecule has 0 aliphatic carbocycles. The zero-order valence-corrected chi connectivity index (χ0v) is 10.7. The summed E-state index contributed by atoms with van der Waals surface area (Å²) in [6, 6.07) is 3.65. The Balaban J connectivity index is 1.88. The Morgan fingerprint density at radius 3 is 3.00 bits per heavy atom. The standard InChI is InChI=1S/C12H14N6O/c1-17-8-9(7-15-17)6-13-11-5-12(19-2)16-10-3-4-14-18(10)11/h3-5,7-8,13H,6H2,1-2H3. The average Bonchev–Trinajstić information content (AvgIpc) is 3.04. The minimum absolute atomic E-state index is 0.557. The van der Waals surface area contributed by atoms with Gasteiger partial charge in [-0.15, -0.1) is 0 Å². The van der Waals surface area contributed by atoms with Crippen LogP contribution in [0.3, 0.4) is 0 Å². The number of aromatic nitrogens is 5. The van der Waals surface area contributed by atoms with Crippen molar-refractivity contribution in [2.45, 2.75) is 6.54 Å². The van der Waals surface area contributed by atoms with E-state index in [-0.39, 0.29) is 0 Å². The van der Waals surface area contributed by atoms with Crippen LogP contribution in [0.15, 0.2) is 30.7 Å². The van der Waals surface area contributed by atoms with E-state index < -0.39 is 0 Å². The lowest BCUT2D eigenvalue weighted by atomic mass is 10.3. The maximum Gasteiger partial charge on any atom is 0.218 e. The van der Waals surface area contributed by atoms with E-state index in [1.165, 1.54) is 0 Å². The lowest BCUT2D eigenvalue weighted by molar-refractivity contribution is 0.398. The fourth-order valence-electron chi connectivity index (χ4n) is 1.88. The van der Waals surface area contributed by atoms with Gasteiger partial charge in [0.25, 0.3) is 0 Å². The molecule has 0 aliphatic heterocycles. The summed E-state index contributed by atoms with van der Waals surface area (Å²) in [4.78, 5) is 4.30. The van der Waals surface area contributed by atoms with E-state index in [0.717, 1.165) is 17.0 Å². The molecule has 1 N–H and O–H groups in total. The van der Waals surface area contributed by atoms with Crippen molar-refractivity contribution in [2.75, 3.05) is 12.4 Å². The number of hydrogen-bond acceptors (Lipinski definition) is 5. The van der Waals surface area contributed by atoms with Gasteiger partial charge in [-0.1, -0.05) is 0 Å². The molecule has 98 valence electrons. The summed E-state index contributed by atoms with van der Waals surface area (Å²) in [7, 11) is 3.49. The molecular formula is C12H14N6O. The first kappa shape index (κ1) is 11.5. The normalized spacial score (nSPS) is 10.8. The van der Waals surface area contributed by atoms with Gasteiger partial charge in [0.2, 0.25) is 5.88 Å². The molecule has 0 bridgehead atoms. The van der Waals surface area contributed by atoms with E-state index in [1.807, 2.05) is 31.6 Å². The average molecular weight is 258 g/mol. The smallest absolute Gasteiger partial charge is 0.218 e. The largest absolute Gasteiger partial charge is 0.481 e. The molecule has 3 aromatic heterocycles. The topological polar surface area (TPSA) is 69.3 Å². The van der Waals surface area contributed by atoms with Crippen molar-refractivity contribution < 1.29 is 4.74 Å². The second kappa shape index (κ2) is 4.60. The van der Waals surface area contributed by atoms with Gasteiger partial charge >= 0.3 is 0 Å². The number of nitrogens with zero attached hydrogens (tertiary/aromatic N) is 5. The summed E-state index contributed by atoms with van der Waals surface area (Å²) in [5, 5.41) is 11.7. The molecule has 3 rings (SSSR count). The third-order valence-corrected chi connectivity index (χ3v) is 2.78. The maximum absolute atomic E-state index is 5.18. The van der Waals surface area contributed by atoms with E-state index in [9.17, 15) is 0 Å². The van der Waals surface area contributed by atoms with Gasteiger partial charge in [-0.25, -0.2) is 0 Å². The predicted molar refractivity (Wildman–Crippen MR) is 70.1 cm³/mol. The van der Waals surface area contributed by atoms with E-state index in [0.29, 0.717) is 12.4 Å². The highest BCUT2D eigenvalue weighted by Crippen LogP contribution is 2.17. The van der Waals surface area contributed by atoms with Crippen LogP contribution in [0.4, 0.5) is 5.82 Å². The van der Waals surface area contributed by atoms with Crippen LogP contribution in [0.5, 0.6) is 5.88 Å². The second-order valence-electron chi connectivity index (χ2n) is 4.16. The molecule has 0 aliphatic rings. The van der Waals surface area contributed by atoms with Crippen LogP contribution in [0.2, 0.25) is 0 Å². The molecule has 0 saturated heterocycles. The summed E-state index contributed by atoms with van der Waals surface area (Å²) >= 11 is 0. The van der Waals surface area contributed by atoms with Crippen LogP contribution in [0, 0.1) is 0 Å². The molecular weight excluding hydrogens is 244 g/mol. The number of ether oxygens (including phenoxy) is 1. The van der Waals surface area contributed by atoms with Crippen LogP contribution in [0.1, 0.15) is 5.56 Å². The Morgan fingerprint density at radius 1 is 1.37 bits per heavy atom. The molecule has 0 amide bonds. The Hall–Kier alpha value is -2.57. The van der Waals surface area contributed by atoms with Gasteiger partial charge in [-0.3, -0.25) is 4.68 Å². The molecule has 7 nitrogen and oxygen atoms in total. The number of rotatable bonds is 4. The van der Waals surface area contributed by atoms with Crippen molar-refractivity contribution in [3.8, 4) is 5.88 Å². The summed E-state index contributed by atoms with van der Waals surface area (Å²) in [5.41, 5.74) is 1.84. The SMILES string of the molecule is COc1cc(NCc2cnn(C)c2)n2nccc2n1. The van der Waals surface area contributed by atoms with E-state index in [2.05, 4.69) is 20.5 Å². The fraction of sp³-hybridized carbons (Fsp3) is 0.250. The van der Waals surface area contributed by atoms with Crippen molar-refractivity contribution in [3.63, 3.8) is 0 Å². The fourth-order valence-corrected chi connectivity index (χ4v) is 1.88. The number of anilines is 1. The van der Waals surface area contributed by atoms with E-state index in [1.54, 1.807) is 22.5 Å². The lowest BCUT2D eigenvalue weighted by Gasteiger charge is -2.08. The number of aryl methyl sites for hydroxylation is 1. The van der Waals surface area contributed by atoms with Gasteiger partial charge in [-0.05, 0) is 0 Å². The van der Waals surface area contributed by atoms with Gasteiger partial charge in [0.05, 0.1) is 19.5 Å². The van der Waals surface area contributed by atoms with Crippen LogP contribution < -0.4 is 10.1 Å². The Labute approximate surface area is 109 Å². The van der Waals surface area contributed by atoms with Crippen LogP contribution in [-0.4, -0.2) is 31.5 Å². The highest BCUT2D eigenvalue weighted by molar-refractivity contribution is 5.50. The highest BCUT2D eigenvalue weighted by atomic mass is 16.5. The summed E-state index contributed by atoms with van der Waals surface area (Å²) < 4.78 is 8.69. The Bertz CT molecular complexity index is 701. The van der Waals surface area contributed by atoms with Crippen LogP contribution >= 0.6 is 0 Å². The Kier molecular flexibility index (Phi) is 2.79. The van der Waals surface area contributed by atoms with Gasteiger partial charge in [0, 0.05) is 37.5 Å². The zero-order chi connectivity index (χ0) is 13.2. The van der Waals surface area contributed by atoms with E-state index in [4.69, 9.17) is 4.74 Å². The molecule has 0 fully saturated rings. The number of methoxy groups -OCH3 is 1. The molecule has 0 saturated carbocycles. The lowest BCUT2D eigenvalue weighted by Crippen LogP contribution is -2.06. The molecule has 3 heterocycles. The molecule has 7 heteroatoms. The van der Waals surface area contributed by atoms with Crippen molar-refractivity contribution in [2.24, 2.45) is 7.05 Å². The summed E-state index contributed by atoms with van der Waals surface area (Å²) in [5.74, 6) is 1.39. The third-order valence-electron chi connectivity index (χ3n) is 2.78. The van der Waals surface area contributed by atoms with Crippen molar-refractivity contribution in [3.05, 3.63) is 36.3 Å². The van der Waals surface area contributed by atoms with Crippen molar-refractivity contribution in [1.82, 2.24) is 24.4 Å². The van der Waals surface area contributed by atoms with Crippen LogP contribution in [-0.2, 0) is 13.6 Å². The molecule has 3 aromatic rings. The first-order valence-corrected chi connectivity index (χ1v) is 5.86. The van der Waals surface area contributed by atoms with Gasteiger partial charge in [-0.2, -0.15) is 19.7 Å². The highest BCUT2D eigenvalue weighted by Gasteiger charge is 2.06. The van der Waals surface area contributed by atoms with Gasteiger partial charge in [0.15, 0.2) is 5.65 Å². The summed E-state index contributed by atoms with van der Waals surface area (Å²) in [6.45, 7) is 0.663. The summed E-state index contributed by atoms with van der Waals surface area (Å²) in [6.07, 6.45) is 5.49. The van der Waals surface area contributed by atoms with Crippen LogP contribution in [0.25, 0.3) is 5.65 Å². The quantitative estimate of drug-likeness (QED) is 0.758. The third kappa shape index (κ3) is 2.22. The number of fused-ring (bicyclic) bond motifs is 1. The second-order valence-corrected chi connectivity index (χ2v) is 4.16. The molecule has 0 aromatic carbocycles. The van der Waals surface area contributed by atoms with Crippen molar-refractivity contribution >= 4 is 11.5 Å². The Morgan fingerprint density at radius 2 is 2.26 bits per heavy atom. The van der Waals surface area contributed by atoms with Crippen molar-refractivity contribution in [1.29, 1.82) is 0 Å². The molecule has 0 radical (unpaired) electrons. The number of hydrogen-bond donors (Lipinski definition) is 1.